The monoisotopic (exact) mass is 529 g/mol. The van der Waals surface area contributed by atoms with Crippen LogP contribution in [0.5, 0.6) is 0 Å². The number of alkyl halides is 1. The third-order valence-electron chi connectivity index (χ3n) is 6.20. The fourth-order valence-electron chi connectivity index (χ4n) is 4.43. The third kappa shape index (κ3) is 7.37. The van der Waals surface area contributed by atoms with E-state index in [2.05, 4.69) is 5.32 Å². The highest BCUT2D eigenvalue weighted by molar-refractivity contribution is 5.75. The molecule has 3 rings (SSSR count). The maximum Gasteiger partial charge on any atom is 0.318 e. The number of rotatable bonds is 10. The van der Waals surface area contributed by atoms with Crippen molar-refractivity contribution >= 4 is 6.03 Å². The first kappa shape index (κ1) is 29.2. The number of hydrogen-bond donors (Lipinski definition) is 2. The number of urea groups is 1. The van der Waals surface area contributed by atoms with E-state index in [0.717, 1.165) is 23.8 Å². The van der Waals surface area contributed by atoms with Gasteiger partial charge in [-0.15, -0.1) is 0 Å². The van der Waals surface area contributed by atoms with Crippen LogP contribution in [0.4, 0.5) is 18.0 Å². The van der Waals surface area contributed by atoms with Gasteiger partial charge in [0.1, 0.15) is 24.1 Å². The molecule has 2 aromatic carbocycles. The van der Waals surface area contributed by atoms with Crippen molar-refractivity contribution in [3.05, 3.63) is 77.8 Å². The molecule has 0 bridgehead atoms. The Kier molecular flexibility index (Phi) is 9.60. The molecular weight excluding hydrogens is 491 g/mol. The molecule has 0 spiro atoms. The van der Waals surface area contributed by atoms with Crippen molar-refractivity contribution in [2.24, 2.45) is 11.1 Å². The Hall–Kier alpha value is -3.33. The summed E-state index contributed by atoms with van der Waals surface area (Å²) in [5.74, 6) is -0.670. The van der Waals surface area contributed by atoms with Crippen LogP contribution < -0.4 is 11.1 Å². The topological polar surface area (TPSA) is 76.2 Å². The zero-order valence-electron chi connectivity index (χ0n) is 22.7. The molecule has 2 amide bonds. The number of carbonyl (C=O) groups is 1. The van der Waals surface area contributed by atoms with Crippen molar-refractivity contribution < 1.29 is 18.0 Å². The van der Waals surface area contributed by atoms with E-state index in [1.54, 1.807) is 11.1 Å². The van der Waals surface area contributed by atoms with Crippen molar-refractivity contribution in [3.63, 3.8) is 0 Å². The van der Waals surface area contributed by atoms with Crippen LogP contribution in [-0.2, 0) is 6.54 Å². The number of nitrogens with zero attached hydrogens (tertiary/aromatic N) is 3. The summed E-state index contributed by atoms with van der Waals surface area (Å²) >= 11 is 0. The summed E-state index contributed by atoms with van der Waals surface area (Å²) in [6, 6.07) is 11.1. The Morgan fingerprint density at radius 1 is 1.13 bits per heavy atom. The van der Waals surface area contributed by atoms with Gasteiger partial charge in [-0.1, -0.05) is 51.1 Å². The van der Waals surface area contributed by atoms with Crippen LogP contribution in [0.15, 0.2) is 54.7 Å². The molecule has 1 unspecified atom stereocenters. The first-order chi connectivity index (χ1) is 17.9. The quantitative estimate of drug-likeness (QED) is 0.335. The van der Waals surface area contributed by atoms with Crippen LogP contribution in [0.3, 0.4) is 0 Å². The Labute approximate surface area is 223 Å². The van der Waals surface area contributed by atoms with Gasteiger partial charge in [-0.05, 0) is 49.4 Å². The van der Waals surface area contributed by atoms with E-state index in [9.17, 15) is 18.0 Å². The lowest BCUT2D eigenvalue weighted by molar-refractivity contribution is 0.104. The molecule has 3 aromatic rings. The Morgan fingerprint density at radius 3 is 2.42 bits per heavy atom. The van der Waals surface area contributed by atoms with Gasteiger partial charge < -0.3 is 20.5 Å². The summed E-state index contributed by atoms with van der Waals surface area (Å²) < 4.78 is 44.0. The van der Waals surface area contributed by atoms with E-state index in [-0.39, 0.29) is 36.3 Å². The highest BCUT2D eigenvalue weighted by atomic mass is 19.1. The lowest BCUT2D eigenvalue weighted by Gasteiger charge is -2.40. The first-order valence-electron chi connectivity index (χ1n) is 12.9. The van der Waals surface area contributed by atoms with Crippen LogP contribution in [-0.4, -0.2) is 45.8 Å². The average Bonchev–Trinajstić information content (AvgIpc) is 3.24. The smallest absolute Gasteiger partial charge is 0.318 e. The lowest BCUT2D eigenvalue weighted by atomic mass is 9.84. The summed E-state index contributed by atoms with van der Waals surface area (Å²) in [5, 5.41) is 2.94. The molecule has 0 aliphatic rings. The number of halogens is 3. The molecular formula is C29H38F3N5O. The molecule has 206 valence electrons. The molecule has 0 aliphatic heterocycles. The molecule has 0 fully saturated rings. The summed E-state index contributed by atoms with van der Waals surface area (Å²) in [5.41, 5.74) is 6.61. The van der Waals surface area contributed by atoms with Crippen LogP contribution in [0.2, 0.25) is 0 Å². The molecule has 1 heterocycles. The second-order valence-corrected chi connectivity index (χ2v) is 11.0. The van der Waals surface area contributed by atoms with Gasteiger partial charge >= 0.3 is 6.03 Å². The summed E-state index contributed by atoms with van der Waals surface area (Å²) in [6.07, 6.45) is 1.93. The van der Waals surface area contributed by atoms with Gasteiger partial charge in [-0.2, -0.15) is 0 Å². The van der Waals surface area contributed by atoms with Gasteiger partial charge in [0.15, 0.2) is 0 Å². The molecule has 0 saturated heterocycles. The minimum Gasteiger partial charge on any atom is -0.336 e. The van der Waals surface area contributed by atoms with Crippen molar-refractivity contribution in [2.45, 2.75) is 65.7 Å². The van der Waals surface area contributed by atoms with Crippen LogP contribution >= 0.6 is 0 Å². The van der Waals surface area contributed by atoms with E-state index < -0.39 is 35.8 Å². The highest BCUT2D eigenvalue weighted by Gasteiger charge is 2.38. The number of imidazole rings is 1. The fourth-order valence-corrected chi connectivity index (χ4v) is 4.43. The zero-order chi connectivity index (χ0) is 28.0. The molecule has 0 aliphatic carbocycles. The number of amides is 2. The minimum atomic E-state index is -0.717. The molecule has 3 N–H and O–H groups in total. The molecule has 9 heteroatoms. The first-order valence-corrected chi connectivity index (χ1v) is 12.9. The number of hydrogen-bond acceptors (Lipinski definition) is 3. The minimum absolute atomic E-state index is 0.0309. The predicted octanol–water partition coefficient (Wildman–Crippen LogP) is 6.07. The number of nitrogens with two attached hydrogens (primary N) is 1. The molecule has 1 aromatic heterocycles. The Morgan fingerprint density at radius 2 is 1.82 bits per heavy atom. The predicted molar refractivity (Wildman–Crippen MR) is 144 cm³/mol. The van der Waals surface area contributed by atoms with Crippen molar-refractivity contribution in [2.75, 3.05) is 13.2 Å². The largest absolute Gasteiger partial charge is 0.336 e. The number of nitrogens with one attached hydrogen (secondary N) is 1. The molecule has 38 heavy (non-hydrogen) atoms. The van der Waals surface area contributed by atoms with E-state index in [4.69, 9.17) is 10.7 Å². The van der Waals surface area contributed by atoms with Gasteiger partial charge in [0.2, 0.25) is 0 Å². The average molecular weight is 530 g/mol. The molecule has 6 nitrogen and oxygen atoms in total. The van der Waals surface area contributed by atoms with Crippen LogP contribution in [0.1, 0.15) is 58.5 Å². The van der Waals surface area contributed by atoms with Gasteiger partial charge in [0, 0.05) is 36.9 Å². The summed E-state index contributed by atoms with van der Waals surface area (Å²) in [4.78, 5) is 19.9. The lowest BCUT2D eigenvalue weighted by Crippen LogP contribution is -2.50. The van der Waals surface area contributed by atoms with E-state index in [1.165, 1.54) is 0 Å². The normalized spacial score (nSPS) is 13.4. The van der Waals surface area contributed by atoms with Gasteiger partial charge in [0.25, 0.3) is 0 Å². The fraction of sp³-hybridized carbons (Fsp3) is 0.448. The maximum atomic E-state index is 14.8. The molecule has 2 atom stereocenters. The zero-order valence-corrected chi connectivity index (χ0v) is 22.7. The van der Waals surface area contributed by atoms with Crippen molar-refractivity contribution in [1.82, 2.24) is 19.8 Å². The number of aromatic nitrogens is 2. The van der Waals surface area contributed by atoms with E-state index in [0.29, 0.717) is 12.4 Å². The van der Waals surface area contributed by atoms with Crippen LogP contribution in [0.25, 0.3) is 11.3 Å². The molecule has 0 radical (unpaired) electrons. The second kappa shape index (κ2) is 12.5. The standard InChI is InChI=1S/C29H38F3N5O/c1-19(2)34-28(38)37(14-13-22(33)16-30)26(29(3,4)5)27-35-25(23-15-21(31)11-12-24(23)32)18-36(27)17-20-9-7-6-8-10-20/h6-12,15,18-19,22,26H,13-14,16-17,33H2,1-5H3,(H,34,38)/t22?,26-/m0/s1. The van der Waals surface area contributed by atoms with Gasteiger partial charge in [0.05, 0.1) is 11.7 Å². The van der Waals surface area contributed by atoms with Crippen molar-refractivity contribution in [3.8, 4) is 11.3 Å². The van der Waals surface area contributed by atoms with Crippen molar-refractivity contribution in [1.29, 1.82) is 0 Å². The third-order valence-corrected chi connectivity index (χ3v) is 6.20. The second-order valence-electron chi connectivity index (χ2n) is 11.0. The van der Waals surface area contributed by atoms with Gasteiger partial charge in [-0.3, -0.25) is 0 Å². The summed E-state index contributed by atoms with van der Waals surface area (Å²) in [6.45, 7) is 9.54. The Bertz CT molecular complexity index is 1210. The molecule has 0 saturated carbocycles. The Balaban J connectivity index is 2.20. The maximum absolute atomic E-state index is 14.8. The van der Waals surface area contributed by atoms with Crippen LogP contribution in [0, 0.1) is 17.0 Å². The number of benzene rings is 2. The van der Waals surface area contributed by atoms with E-state index >= 15 is 0 Å². The highest BCUT2D eigenvalue weighted by Crippen LogP contribution is 2.39. The summed E-state index contributed by atoms with van der Waals surface area (Å²) in [7, 11) is 0. The number of carbonyl (C=O) groups excluding carboxylic acids is 1. The SMILES string of the molecule is CC(C)NC(=O)N(CCC(N)CF)[C@@H](c1nc(-c2cc(F)ccc2F)cn1Cc1ccccc1)C(C)(C)C. The van der Waals surface area contributed by atoms with E-state index in [1.807, 2.05) is 69.5 Å². The van der Waals surface area contributed by atoms with Gasteiger partial charge in [-0.25, -0.2) is 22.9 Å².